The summed E-state index contributed by atoms with van der Waals surface area (Å²) >= 11 is 0. The largest absolute Gasteiger partial charge is 0.335 e. The Bertz CT molecular complexity index is 483. The van der Waals surface area contributed by atoms with Crippen molar-refractivity contribution >= 4 is 24.3 Å². The zero-order chi connectivity index (χ0) is 16.5. The van der Waals surface area contributed by atoms with Crippen LogP contribution in [0.25, 0.3) is 0 Å². The Labute approximate surface area is 156 Å². The van der Waals surface area contributed by atoms with Gasteiger partial charge in [0.15, 0.2) is 0 Å². The Hall–Kier alpha value is -1.01. The van der Waals surface area contributed by atoms with Gasteiger partial charge in [-0.15, -0.1) is 12.4 Å². The number of urea groups is 1. The van der Waals surface area contributed by atoms with Crippen molar-refractivity contribution < 1.29 is 9.59 Å². The highest BCUT2D eigenvalue weighted by Crippen LogP contribution is 2.31. The maximum Gasteiger partial charge on any atom is 0.320 e. The molecule has 3 atom stereocenters. The molecule has 0 aromatic carbocycles. The first-order valence-electron chi connectivity index (χ1n) is 9.81. The lowest BCUT2D eigenvalue weighted by Crippen LogP contribution is -2.52. The summed E-state index contributed by atoms with van der Waals surface area (Å²) in [6.07, 6.45) is 7.49. The van der Waals surface area contributed by atoms with Crippen molar-refractivity contribution in [2.45, 2.75) is 57.0 Å². The van der Waals surface area contributed by atoms with Crippen LogP contribution in [0.3, 0.4) is 0 Å². The molecule has 0 aliphatic carbocycles. The quantitative estimate of drug-likeness (QED) is 0.764. The monoisotopic (exact) mass is 370 g/mol. The summed E-state index contributed by atoms with van der Waals surface area (Å²) in [4.78, 5) is 32.0. The first-order valence-corrected chi connectivity index (χ1v) is 9.81. The Kier molecular flexibility index (Phi) is 6.10. The zero-order valence-corrected chi connectivity index (χ0v) is 15.8. The Balaban J connectivity index is 0.00000182. The van der Waals surface area contributed by atoms with Gasteiger partial charge in [0.1, 0.15) is 0 Å². The van der Waals surface area contributed by atoms with Gasteiger partial charge in [0.2, 0.25) is 5.91 Å². The van der Waals surface area contributed by atoms with Crippen molar-refractivity contribution in [2.24, 2.45) is 5.92 Å². The first-order chi connectivity index (χ1) is 11.7. The van der Waals surface area contributed by atoms with Crippen LogP contribution in [0, 0.1) is 5.92 Å². The molecule has 0 radical (unpaired) electrons. The van der Waals surface area contributed by atoms with E-state index in [-0.39, 0.29) is 24.4 Å². The Morgan fingerprint density at radius 1 is 0.840 bits per heavy atom. The van der Waals surface area contributed by atoms with Crippen molar-refractivity contribution in [3.8, 4) is 0 Å². The van der Waals surface area contributed by atoms with Crippen molar-refractivity contribution in [3.63, 3.8) is 0 Å². The van der Waals surface area contributed by atoms with Crippen LogP contribution in [0.2, 0.25) is 0 Å². The van der Waals surface area contributed by atoms with Crippen LogP contribution in [0.1, 0.15) is 44.9 Å². The average molecular weight is 371 g/mol. The highest BCUT2D eigenvalue weighted by molar-refractivity contribution is 5.85. The van der Waals surface area contributed by atoms with E-state index in [1.807, 2.05) is 9.80 Å². The van der Waals surface area contributed by atoms with E-state index < -0.39 is 0 Å². The lowest BCUT2D eigenvalue weighted by molar-refractivity contribution is -0.139. The van der Waals surface area contributed by atoms with Gasteiger partial charge in [0, 0.05) is 44.8 Å². The molecule has 4 fully saturated rings. The molecule has 6 nitrogen and oxygen atoms in total. The molecule has 7 heteroatoms. The van der Waals surface area contributed by atoms with Crippen LogP contribution in [0.5, 0.6) is 0 Å². The predicted octanol–water partition coefficient (Wildman–Crippen LogP) is 1.69. The molecule has 25 heavy (non-hydrogen) atoms. The number of halogens is 1. The summed E-state index contributed by atoms with van der Waals surface area (Å²) in [5, 5.41) is 3.47. The third kappa shape index (κ3) is 3.75. The highest BCUT2D eigenvalue weighted by Gasteiger charge is 2.42. The van der Waals surface area contributed by atoms with Gasteiger partial charge in [-0.2, -0.15) is 0 Å². The lowest BCUT2D eigenvalue weighted by Gasteiger charge is -2.38. The third-order valence-corrected chi connectivity index (χ3v) is 6.33. The van der Waals surface area contributed by atoms with E-state index in [0.717, 1.165) is 77.7 Å². The van der Waals surface area contributed by atoms with Gasteiger partial charge in [-0.3, -0.25) is 4.79 Å². The van der Waals surface area contributed by atoms with Crippen LogP contribution in [0.4, 0.5) is 4.79 Å². The van der Waals surface area contributed by atoms with Crippen molar-refractivity contribution in [3.05, 3.63) is 0 Å². The number of hydrogen-bond acceptors (Lipinski definition) is 3. The van der Waals surface area contributed by atoms with E-state index in [2.05, 4.69) is 10.2 Å². The van der Waals surface area contributed by atoms with Crippen molar-refractivity contribution in [1.82, 2.24) is 20.0 Å². The fourth-order valence-electron chi connectivity index (χ4n) is 5.01. The minimum Gasteiger partial charge on any atom is -0.335 e. The van der Waals surface area contributed by atoms with E-state index >= 15 is 0 Å². The molecule has 3 unspecified atom stereocenters. The summed E-state index contributed by atoms with van der Waals surface area (Å²) in [5.41, 5.74) is 0. The van der Waals surface area contributed by atoms with Gasteiger partial charge >= 0.3 is 6.03 Å². The van der Waals surface area contributed by atoms with E-state index in [9.17, 15) is 9.59 Å². The molecular formula is C18H31ClN4O2. The molecule has 0 spiro atoms. The summed E-state index contributed by atoms with van der Waals surface area (Å²) < 4.78 is 0. The maximum absolute atomic E-state index is 13.2. The van der Waals surface area contributed by atoms with E-state index in [1.165, 1.54) is 0 Å². The molecule has 1 N–H and O–H groups in total. The molecule has 3 amide bonds. The van der Waals surface area contributed by atoms with E-state index in [4.69, 9.17) is 0 Å². The summed E-state index contributed by atoms with van der Waals surface area (Å²) in [7, 11) is 0. The van der Waals surface area contributed by atoms with Gasteiger partial charge in [-0.1, -0.05) is 0 Å². The molecule has 4 aliphatic rings. The zero-order valence-electron chi connectivity index (χ0n) is 15.0. The van der Waals surface area contributed by atoms with Gasteiger partial charge in [-0.05, 0) is 51.5 Å². The number of carbonyl (C=O) groups excluding carboxylic acids is 2. The smallest absolute Gasteiger partial charge is 0.320 e. The third-order valence-electron chi connectivity index (χ3n) is 6.33. The lowest BCUT2D eigenvalue weighted by atomic mass is 9.95. The van der Waals surface area contributed by atoms with Crippen LogP contribution in [0.15, 0.2) is 0 Å². The number of likely N-dealkylation sites (tertiary alicyclic amines) is 2. The predicted molar refractivity (Wildman–Crippen MR) is 98.9 cm³/mol. The fourth-order valence-corrected chi connectivity index (χ4v) is 5.01. The highest BCUT2D eigenvalue weighted by atomic mass is 35.5. The number of nitrogens with one attached hydrogen (secondary N) is 1. The van der Waals surface area contributed by atoms with Gasteiger partial charge in [0.05, 0.1) is 5.92 Å². The van der Waals surface area contributed by atoms with Crippen LogP contribution in [-0.4, -0.2) is 78.0 Å². The van der Waals surface area contributed by atoms with Gasteiger partial charge in [0.25, 0.3) is 0 Å². The summed E-state index contributed by atoms with van der Waals surface area (Å²) in [6, 6.07) is 0.947. The van der Waals surface area contributed by atoms with Crippen LogP contribution in [-0.2, 0) is 4.79 Å². The normalized spacial score (nSPS) is 32.3. The first kappa shape index (κ1) is 18.8. The minimum absolute atomic E-state index is 0. The average Bonchev–Trinajstić information content (AvgIpc) is 3.21. The second-order valence-corrected chi connectivity index (χ2v) is 7.89. The number of fused-ring (bicyclic) bond motifs is 2. The van der Waals surface area contributed by atoms with E-state index in [1.54, 1.807) is 0 Å². The number of piperidine rings is 1. The van der Waals surface area contributed by atoms with Gasteiger partial charge < -0.3 is 20.0 Å². The number of amides is 3. The number of hydrogen-bond donors (Lipinski definition) is 1. The fraction of sp³-hybridized carbons (Fsp3) is 0.889. The molecule has 4 aliphatic heterocycles. The maximum atomic E-state index is 13.2. The molecule has 142 valence electrons. The summed E-state index contributed by atoms with van der Waals surface area (Å²) in [5.74, 6) is 0.316. The molecule has 0 aromatic heterocycles. The standard InChI is InChI=1S/C18H30N4O2.ClH/c23-17(22-15-5-6-16(22)12-19-8-7-15)14-4-3-11-21(13-14)18(24)20-9-1-2-10-20;/h14-16,19H,1-13H2;1H. The second-order valence-electron chi connectivity index (χ2n) is 7.89. The van der Waals surface area contributed by atoms with Crippen molar-refractivity contribution in [2.75, 3.05) is 39.3 Å². The Morgan fingerprint density at radius 3 is 2.36 bits per heavy atom. The molecule has 0 saturated carbocycles. The molecule has 4 heterocycles. The molecule has 4 rings (SSSR count). The molecule has 2 bridgehead atoms. The SMILES string of the molecule is Cl.O=C(N1CCCC1)N1CCCC(C(=O)N2C3CCNCC2CC3)C1. The Morgan fingerprint density at radius 2 is 1.56 bits per heavy atom. The number of nitrogens with zero attached hydrogens (tertiary/aromatic N) is 3. The second kappa shape index (κ2) is 8.12. The molecule has 4 saturated heterocycles. The molecular weight excluding hydrogens is 340 g/mol. The minimum atomic E-state index is 0. The van der Waals surface area contributed by atoms with Gasteiger partial charge in [-0.25, -0.2) is 4.79 Å². The summed E-state index contributed by atoms with van der Waals surface area (Å²) in [6.45, 7) is 5.16. The van der Waals surface area contributed by atoms with Crippen molar-refractivity contribution in [1.29, 1.82) is 0 Å². The number of rotatable bonds is 1. The van der Waals surface area contributed by atoms with E-state index in [0.29, 0.717) is 24.5 Å². The number of carbonyl (C=O) groups is 2. The van der Waals surface area contributed by atoms with Crippen LogP contribution < -0.4 is 5.32 Å². The molecule has 0 aromatic rings. The van der Waals surface area contributed by atoms with Crippen LogP contribution >= 0.6 is 12.4 Å². The topological polar surface area (TPSA) is 55.9 Å².